The molecule has 3 rings (SSSR count). The van der Waals surface area contributed by atoms with E-state index in [0.717, 1.165) is 12.2 Å². The van der Waals surface area contributed by atoms with Gasteiger partial charge in [0, 0.05) is 25.6 Å². The second-order valence-corrected chi connectivity index (χ2v) is 7.23. The Morgan fingerprint density at radius 2 is 1.85 bits per heavy atom. The average Bonchev–Trinajstić information content (AvgIpc) is 3.02. The van der Waals surface area contributed by atoms with E-state index in [2.05, 4.69) is 0 Å². The SMILES string of the molecule is CN(C(=O)OC(C)(C)C)c1cc(Oc2ccc3c(c2)OCC3)ccc1N. The van der Waals surface area contributed by atoms with Gasteiger partial charge in [0.05, 0.1) is 18.0 Å². The molecule has 0 unspecified atom stereocenters. The van der Waals surface area contributed by atoms with Gasteiger partial charge in [-0.05, 0) is 44.5 Å². The van der Waals surface area contributed by atoms with Crippen LogP contribution in [0.5, 0.6) is 17.2 Å². The number of carbonyl (C=O) groups excluding carboxylic acids is 1. The van der Waals surface area contributed by atoms with Gasteiger partial charge in [-0.1, -0.05) is 6.07 Å². The Morgan fingerprint density at radius 3 is 2.58 bits per heavy atom. The summed E-state index contributed by atoms with van der Waals surface area (Å²) in [5.74, 6) is 2.09. The lowest BCUT2D eigenvalue weighted by molar-refractivity contribution is 0.0589. The topological polar surface area (TPSA) is 74.0 Å². The fourth-order valence-corrected chi connectivity index (χ4v) is 2.65. The maximum atomic E-state index is 12.3. The van der Waals surface area contributed by atoms with Crippen LogP contribution < -0.4 is 20.1 Å². The van der Waals surface area contributed by atoms with E-state index < -0.39 is 11.7 Å². The van der Waals surface area contributed by atoms with Crippen molar-refractivity contribution in [2.24, 2.45) is 0 Å². The summed E-state index contributed by atoms with van der Waals surface area (Å²) in [6.45, 7) is 6.15. The molecule has 2 aromatic carbocycles. The highest BCUT2D eigenvalue weighted by Crippen LogP contribution is 2.34. The number of amides is 1. The molecule has 138 valence electrons. The second-order valence-electron chi connectivity index (χ2n) is 7.23. The molecule has 0 bridgehead atoms. The normalized spacial score (nSPS) is 12.9. The first-order chi connectivity index (χ1) is 12.2. The highest BCUT2D eigenvalue weighted by atomic mass is 16.6. The lowest BCUT2D eigenvalue weighted by atomic mass is 10.1. The molecule has 0 atom stereocenters. The van der Waals surface area contributed by atoms with Crippen molar-refractivity contribution >= 4 is 17.5 Å². The van der Waals surface area contributed by atoms with Gasteiger partial charge in [0.1, 0.15) is 22.8 Å². The van der Waals surface area contributed by atoms with E-state index in [9.17, 15) is 4.79 Å². The van der Waals surface area contributed by atoms with E-state index in [4.69, 9.17) is 19.9 Å². The summed E-state index contributed by atoms with van der Waals surface area (Å²) < 4.78 is 16.9. The van der Waals surface area contributed by atoms with E-state index in [-0.39, 0.29) is 0 Å². The van der Waals surface area contributed by atoms with Crippen LogP contribution in [-0.4, -0.2) is 25.3 Å². The summed E-state index contributed by atoms with van der Waals surface area (Å²) in [6, 6.07) is 11.0. The first-order valence-electron chi connectivity index (χ1n) is 8.53. The summed E-state index contributed by atoms with van der Waals surface area (Å²) in [7, 11) is 1.62. The summed E-state index contributed by atoms with van der Waals surface area (Å²) in [5, 5.41) is 0. The molecule has 1 aliphatic heterocycles. The molecule has 0 saturated carbocycles. The Kier molecular flexibility index (Phi) is 4.68. The first kappa shape index (κ1) is 17.9. The fraction of sp³-hybridized carbons (Fsp3) is 0.350. The third kappa shape index (κ3) is 4.02. The van der Waals surface area contributed by atoms with Crippen LogP contribution in [0.2, 0.25) is 0 Å². The number of fused-ring (bicyclic) bond motifs is 1. The van der Waals surface area contributed by atoms with Gasteiger partial charge in [0.2, 0.25) is 0 Å². The zero-order valence-electron chi connectivity index (χ0n) is 15.5. The van der Waals surface area contributed by atoms with Crippen molar-refractivity contribution in [1.29, 1.82) is 0 Å². The Labute approximate surface area is 153 Å². The third-order valence-corrected chi connectivity index (χ3v) is 3.93. The highest BCUT2D eigenvalue weighted by molar-refractivity contribution is 5.91. The molecule has 2 N–H and O–H groups in total. The van der Waals surface area contributed by atoms with Crippen molar-refractivity contribution in [2.45, 2.75) is 32.8 Å². The number of ether oxygens (including phenoxy) is 3. The number of hydrogen-bond acceptors (Lipinski definition) is 5. The molecule has 0 aromatic heterocycles. The van der Waals surface area contributed by atoms with E-state index in [1.54, 1.807) is 25.2 Å². The molecule has 1 heterocycles. The van der Waals surface area contributed by atoms with Crippen LogP contribution in [0, 0.1) is 0 Å². The highest BCUT2D eigenvalue weighted by Gasteiger charge is 2.22. The lowest BCUT2D eigenvalue weighted by Crippen LogP contribution is -2.34. The predicted octanol–water partition coefficient (Wildman–Crippen LogP) is 4.37. The van der Waals surface area contributed by atoms with Gasteiger partial charge in [-0.3, -0.25) is 4.90 Å². The number of nitrogens with zero attached hydrogens (tertiary/aromatic N) is 1. The van der Waals surface area contributed by atoms with E-state index >= 15 is 0 Å². The molecule has 6 nitrogen and oxygen atoms in total. The van der Waals surface area contributed by atoms with Gasteiger partial charge in [-0.15, -0.1) is 0 Å². The molecule has 0 saturated heterocycles. The molecule has 6 heteroatoms. The van der Waals surface area contributed by atoms with E-state index in [1.807, 2.05) is 39.0 Å². The largest absolute Gasteiger partial charge is 0.493 e. The summed E-state index contributed by atoms with van der Waals surface area (Å²) in [4.78, 5) is 13.7. The average molecular weight is 356 g/mol. The summed E-state index contributed by atoms with van der Waals surface area (Å²) in [6.07, 6.45) is 0.440. The van der Waals surface area contributed by atoms with Crippen LogP contribution >= 0.6 is 0 Å². The molecule has 0 radical (unpaired) electrons. The number of anilines is 2. The molecule has 0 aliphatic carbocycles. The lowest BCUT2D eigenvalue weighted by Gasteiger charge is -2.25. The maximum absolute atomic E-state index is 12.3. The Morgan fingerprint density at radius 1 is 1.15 bits per heavy atom. The number of rotatable bonds is 3. The van der Waals surface area contributed by atoms with Gasteiger partial charge in [-0.2, -0.15) is 0 Å². The van der Waals surface area contributed by atoms with Crippen LogP contribution in [0.25, 0.3) is 0 Å². The van der Waals surface area contributed by atoms with Crippen LogP contribution in [0.15, 0.2) is 36.4 Å². The first-order valence-corrected chi connectivity index (χ1v) is 8.53. The van der Waals surface area contributed by atoms with Crippen molar-refractivity contribution in [3.05, 3.63) is 42.0 Å². The number of hydrogen-bond donors (Lipinski definition) is 1. The second kappa shape index (κ2) is 6.78. The van der Waals surface area contributed by atoms with Gasteiger partial charge in [0.25, 0.3) is 0 Å². The summed E-state index contributed by atoms with van der Waals surface area (Å²) >= 11 is 0. The molecule has 1 amide bonds. The Hall–Kier alpha value is -2.89. The maximum Gasteiger partial charge on any atom is 0.414 e. The van der Waals surface area contributed by atoms with Gasteiger partial charge in [-0.25, -0.2) is 4.79 Å². The minimum Gasteiger partial charge on any atom is -0.493 e. The standard InChI is InChI=1S/C20H24N2O4/c1-20(2,3)26-19(23)22(4)17-11-14(7-8-16(17)21)25-15-6-5-13-9-10-24-18(13)12-15/h5-8,11-12H,9-10,21H2,1-4H3. The minimum atomic E-state index is -0.585. The monoisotopic (exact) mass is 356 g/mol. The Bertz CT molecular complexity index is 827. The number of nitrogens with two attached hydrogens (primary N) is 1. The molecular formula is C20H24N2O4. The van der Waals surface area contributed by atoms with E-state index in [0.29, 0.717) is 29.5 Å². The fourth-order valence-electron chi connectivity index (χ4n) is 2.65. The van der Waals surface area contributed by atoms with Gasteiger partial charge >= 0.3 is 6.09 Å². The molecule has 1 aliphatic rings. The van der Waals surface area contributed by atoms with Gasteiger partial charge < -0.3 is 19.9 Å². The van der Waals surface area contributed by atoms with Crippen molar-refractivity contribution in [3.63, 3.8) is 0 Å². The summed E-state index contributed by atoms with van der Waals surface area (Å²) in [5.41, 5.74) is 7.61. The smallest absolute Gasteiger partial charge is 0.414 e. The minimum absolute atomic E-state index is 0.461. The van der Waals surface area contributed by atoms with Crippen LogP contribution in [0.1, 0.15) is 26.3 Å². The van der Waals surface area contributed by atoms with Crippen molar-refractivity contribution in [1.82, 2.24) is 0 Å². The molecule has 0 fully saturated rings. The van der Waals surface area contributed by atoms with Crippen molar-refractivity contribution in [3.8, 4) is 17.2 Å². The number of carbonyl (C=O) groups is 1. The van der Waals surface area contributed by atoms with Crippen LogP contribution in [-0.2, 0) is 11.2 Å². The molecule has 2 aromatic rings. The molecule has 26 heavy (non-hydrogen) atoms. The molecular weight excluding hydrogens is 332 g/mol. The molecule has 0 spiro atoms. The number of nitrogen functional groups attached to an aromatic ring is 1. The zero-order chi connectivity index (χ0) is 18.9. The zero-order valence-corrected chi connectivity index (χ0v) is 15.5. The van der Waals surface area contributed by atoms with Crippen molar-refractivity contribution < 1.29 is 19.0 Å². The van der Waals surface area contributed by atoms with Gasteiger partial charge in [0.15, 0.2) is 0 Å². The van der Waals surface area contributed by atoms with Crippen LogP contribution in [0.4, 0.5) is 16.2 Å². The van der Waals surface area contributed by atoms with E-state index in [1.165, 1.54) is 10.5 Å². The van der Waals surface area contributed by atoms with Crippen LogP contribution in [0.3, 0.4) is 0 Å². The Balaban J connectivity index is 1.80. The quantitative estimate of drug-likeness (QED) is 0.827. The number of benzene rings is 2. The predicted molar refractivity (Wildman–Crippen MR) is 101 cm³/mol. The third-order valence-electron chi connectivity index (χ3n) is 3.93. The van der Waals surface area contributed by atoms with Crippen molar-refractivity contribution in [2.75, 3.05) is 24.3 Å².